The van der Waals surface area contributed by atoms with Crippen molar-refractivity contribution in [3.63, 3.8) is 0 Å². The van der Waals surface area contributed by atoms with Crippen LogP contribution in [0.15, 0.2) is 66.7 Å². The van der Waals surface area contributed by atoms with Crippen LogP contribution in [0.5, 0.6) is 0 Å². The standard InChI is InChI=1S/C20H20O/c21-20-18(16-9-5-2-6-10-16)12-14-11-17(19(20)13-14)15-7-3-1-4-8-15/h1-10,12,14,17,19-21H,11,13H2/t14-,17+,19+,20-/m0/s1. The van der Waals surface area contributed by atoms with Crippen LogP contribution in [0.25, 0.3) is 5.57 Å². The van der Waals surface area contributed by atoms with Crippen molar-refractivity contribution in [1.29, 1.82) is 0 Å². The van der Waals surface area contributed by atoms with Crippen LogP contribution in [0.2, 0.25) is 0 Å². The van der Waals surface area contributed by atoms with E-state index in [1.54, 1.807) is 0 Å². The van der Waals surface area contributed by atoms with Crippen LogP contribution in [0, 0.1) is 11.8 Å². The second-order valence-electron chi connectivity index (χ2n) is 6.35. The predicted molar refractivity (Wildman–Crippen MR) is 85.8 cm³/mol. The van der Waals surface area contributed by atoms with Crippen molar-refractivity contribution < 1.29 is 5.11 Å². The third kappa shape index (κ3) is 2.22. The molecule has 0 heterocycles. The molecule has 2 aliphatic rings. The molecule has 0 spiro atoms. The fourth-order valence-electron chi connectivity index (χ4n) is 4.16. The molecule has 0 aromatic heterocycles. The van der Waals surface area contributed by atoms with Gasteiger partial charge in [0.1, 0.15) is 0 Å². The van der Waals surface area contributed by atoms with E-state index < -0.39 is 0 Å². The Morgan fingerprint density at radius 3 is 2.19 bits per heavy atom. The molecule has 2 aliphatic carbocycles. The summed E-state index contributed by atoms with van der Waals surface area (Å²) in [6.07, 6.45) is 4.27. The van der Waals surface area contributed by atoms with Crippen molar-refractivity contribution in [1.82, 2.24) is 0 Å². The van der Waals surface area contributed by atoms with Crippen molar-refractivity contribution in [2.75, 3.05) is 0 Å². The molecule has 4 atom stereocenters. The number of allylic oxidation sites excluding steroid dienone is 1. The third-order valence-corrected chi connectivity index (χ3v) is 5.12. The van der Waals surface area contributed by atoms with Gasteiger partial charge in [0, 0.05) is 0 Å². The van der Waals surface area contributed by atoms with E-state index in [4.69, 9.17) is 0 Å². The van der Waals surface area contributed by atoms with Crippen LogP contribution in [-0.4, -0.2) is 11.2 Å². The Labute approximate surface area is 126 Å². The van der Waals surface area contributed by atoms with E-state index in [0.29, 0.717) is 17.8 Å². The first kappa shape index (κ1) is 12.8. The van der Waals surface area contributed by atoms with E-state index in [9.17, 15) is 5.11 Å². The van der Waals surface area contributed by atoms with E-state index in [2.05, 4.69) is 48.5 Å². The molecular weight excluding hydrogens is 256 g/mol. The predicted octanol–water partition coefficient (Wildman–Crippen LogP) is 4.25. The average Bonchev–Trinajstić information content (AvgIpc) is 2.92. The van der Waals surface area contributed by atoms with Gasteiger partial charge in [-0.05, 0) is 47.3 Å². The van der Waals surface area contributed by atoms with Crippen LogP contribution < -0.4 is 0 Å². The highest BCUT2D eigenvalue weighted by Gasteiger charge is 2.43. The Kier molecular flexibility index (Phi) is 3.16. The van der Waals surface area contributed by atoms with Gasteiger partial charge >= 0.3 is 0 Å². The van der Waals surface area contributed by atoms with Gasteiger partial charge in [-0.15, -0.1) is 0 Å². The normalized spacial score (nSPS) is 31.0. The third-order valence-electron chi connectivity index (χ3n) is 5.12. The molecule has 0 unspecified atom stereocenters. The summed E-state index contributed by atoms with van der Waals surface area (Å²) in [4.78, 5) is 0. The summed E-state index contributed by atoms with van der Waals surface area (Å²) in [5.41, 5.74) is 3.69. The molecule has 1 saturated carbocycles. The van der Waals surface area contributed by atoms with Crippen molar-refractivity contribution in [3.8, 4) is 0 Å². The quantitative estimate of drug-likeness (QED) is 0.869. The molecule has 2 aromatic rings. The second kappa shape index (κ2) is 5.16. The fraction of sp³-hybridized carbons (Fsp3) is 0.300. The molecular formula is C20H20O. The molecule has 2 bridgehead atoms. The van der Waals surface area contributed by atoms with Gasteiger partial charge in [-0.25, -0.2) is 0 Å². The maximum absolute atomic E-state index is 10.9. The molecule has 1 nitrogen and oxygen atoms in total. The first-order valence-electron chi connectivity index (χ1n) is 7.83. The summed E-state index contributed by atoms with van der Waals surface area (Å²) in [6.45, 7) is 0. The highest BCUT2D eigenvalue weighted by atomic mass is 16.3. The molecule has 1 N–H and O–H groups in total. The van der Waals surface area contributed by atoms with Gasteiger partial charge < -0.3 is 5.11 Å². The molecule has 0 amide bonds. The molecule has 21 heavy (non-hydrogen) atoms. The van der Waals surface area contributed by atoms with Crippen LogP contribution in [0.3, 0.4) is 0 Å². The first-order chi connectivity index (χ1) is 10.3. The minimum Gasteiger partial charge on any atom is -0.388 e. The largest absolute Gasteiger partial charge is 0.388 e. The molecule has 1 fully saturated rings. The Balaban J connectivity index is 1.67. The zero-order valence-electron chi connectivity index (χ0n) is 12.0. The molecule has 4 rings (SSSR count). The summed E-state index contributed by atoms with van der Waals surface area (Å²) in [7, 11) is 0. The van der Waals surface area contributed by atoms with Crippen LogP contribution in [0.4, 0.5) is 0 Å². The van der Waals surface area contributed by atoms with Crippen molar-refractivity contribution in [2.45, 2.75) is 24.9 Å². The SMILES string of the molecule is O[C@H]1C(c2ccccc2)=C[C@H]2C[C@@H]1[C@@H](c1ccccc1)C2. The molecule has 0 aliphatic heterocycles. The molecule has 0 saturated heterocycles. The lowest BCUT2D eigenvalue weighted by Crippen LogP contribution is -2.26. The van der Waals surface area contributed by atoms with Gasteiger partial charge in [0.25, 0.3) is 0 Å². The van der Waals surface area contributed by atoms with Crippen molar-refractivity contribution in [3.05, 3.63) is 77.9 Å². The number of aliphatic hydroxyl groups is 1. The van der Waals surface area contributed by atoms with E-state index >= 15 is 0 Å². The Hall–Kier alpha value is -1.86. The zero-order chi connectivity index (χ0) is 14.2. The minimum absolute atomic E-state index is 0.337. The molecule has 0 radical (unpaired) electrons. The number of hydrogen-bond acceptors (Lipinski definition) is 1. The number of rotatable bonds is 2. The maximum Gasteiger partial charge on any atom is 0.0827 e. The lowest BCUT2D eigenvalue weighted by atomic mass is 9.79. The Morgan fingerprint density at radius 2 is 1.48 bits per heavy atom. The number of fused-ring (bicyclic) bond motifs is 2. The van der Waals surface area contributed by atoms with Gasteiger partial charge in [0.05, 0.1) is 6.10 Å². The van der Waals surface area contributed by atoms with E-state index in [1.807, 2.05) is 18.2 Å². The van der Waals surface area contributed by atoms with E-state index in [0.717, 1.165) is 12.0 Å². The average molecular weight is 276 g/mol. The lowest BCUT2D eigenvalue weighted by Gasteiger charge is -2.29. The molecule has 1 heteroatoms. The first-order valence-corrected chi connectivity index (χ1v) is 7.83. The fourth-order valence-corrected chi connectivity index (χ4v) is 4.16. The monoisotopic (exact) mass is 276 g/mol. The van der Waals surface area contributed by atoms with E-state index in [-0.39, 0.29) is 6.10 Å². The Morgan fingerprint density at radius 1 is 0.810 bits per heavy atom. The highest BCUT2D eigenvalue weighted by molar-refractivity contribution is 5.70. The molecule has 106 valence electrons. The van der Waals surface area contributed by atoms with Crippen LogP contribution in [0.1, 0.15) is 29.9 Å². The van der Waals surface area contributed by atoms with E-state index in [1.165, 1.54) is 17.5 Å². The summed E-state index contributed by atoms with van der Waals surface area (Å²) < 4.78 is 0. The summed E-state index contributed by atoms with van der Waals surface area (Å²) in [6, 6.07) is 21.0. The van der Waals surface area contributed by atoms with Crippen molar-refractivity contribution in [2.24, 2.45) is 11.8 Å². The maximum atomic E-state index is 10.9. The van der Waals surface area contributed by atoms with Gasteiger partial charge in [-0.3, -0.25) is 0 Å². The zero-order valence-corrected chi connectivity index (χ0v) is 12.0. The summed E-state index contributed by atoms with van der Waals surface area (Å²) >= 11 is 0. The topological polar surface area (TPSA) is 20.2 Å². The van der Waals surface area contributed by atoms with Gasteiger partial charge in [0.15, 0.2) is 0 Å². The van der Waals surface area contributed by atoms with Crippen LogP contribution >= 0.6 is 0 Å². The number of hydrogen-bond donors (Lipinski definition) is 1. The smallest absolute Gasteiger partial charge is 0.0827 e. The second-order valence-corrected chi connectivity index (χ2v) is 6.35. The summed E-state index contributed by atoms with van der Waals surface area (Å²) in [5, 5.41) is 10.9. The van der Waals surface area contributed by atoms with Gasteiger partial charge in [0.2, 0.25) is 0 Å². The Bertz CT molecular complexity index is 644. The van der Waals surface area contributed by atoms with Crippen LogP contribution in [-0.2, 0) is 0 Å². The molecule has 2 aromatic carbocycles. The summed E-state index contributed by atoms with van der Waals surface area (Å²) in [5.74, 6) is 1.46. The van der Waals surface area contributed by atoms with Gasteiger partial charge in [-0.2, -0.15) is 0 Å². The number of aliphatic hydroxyl groups excluding tert-OH is 1. The van der Waals surface area contributed by atoms with Crippen molar-refractivity contribution >= 4 is 5.57 Å². The van der Waals surface area contributed by atoms with Gasteiger partial charge in [-0.1, -0.05) is 66.7 Å². The highest BCUT2D eigenvalue weighted by Crippen LogP contribution is 2.51. The minimum atomic E-state index is -0.337. The number of benzene rings is 2. The lowest BCUT2D eigenvalue weighted by molar-refractivity contribution is 0.149.